The zero-order valence-corrected chi connectivity index (χ0v) is 18.5. The number of carbonyl (C=O) groups excluding carboxylic acids is 2. The molecule has 164 valence electrons. The number of hydrogen-bond donors (Lipinski definition) is 1. The predicted molar refractivity (Wildman–Crippen MR) is 123 cm³/mol. The number of benzene rings is 2. The summed E-state index contributed by atoms with van der Waals surface area (Å²) in [6.45, 7) is 3.81. The molecular formula is C26H27N3O3. The third-order valence-corrected chi connectivity index (χ3v) is 6.62. The van der Waals surface area contributed by atoms with Gasteiger partial charge in [0.1, 0.15) is 5.52 Å². The Balaban J connectivity index is 1.67. The minimum absolute atomic E-state index is 0.0664. The van der Waals surface area contributed by atoms with Gasteiger partial charge in [-0.3, -0.25) is 14.6 Å². The molecule has 5 rings (SSSR count). The van der Waals surface area contributed by atoms with Crippen LogP contribution in [0.25, 0.3) is 10.9 Å². The lowest BCUT2D eigenvalue weighted by Gasteiger charge is -2.28. The van der Waals surface area contributed by atoms with Gasteiger partial charge in [0.25, 0.3) is 11.8 Å². The first kappa shape index (κ1) is 20.5. The van der Waals surface area contributed by atoms with E-state index in [9.17, 15) is 14.7 Å². The Morgan fingerprint density at radius 2 is 1.81 bits per heavy atom. The van der Waals surface area contributed by atoms with E-state index in [1.54, 1.807) is 18.1 Å². The Morgan fingerprint density at radius 3 is 2.53 bits per heavy atom. The van der Waals surface area contributed by atoms with Crippen LogP contribution < -0.4 is 0 Å². The van der Waals surface area contributed by atoms with Gasteiger partial charge in [-0.1, -0.05) is 29.8 Å². The number of aryl methyl sites for hydroxylation is 1. The van der Waals surface area contributed by atoms with Crippen LogP contribution in [0.5, 0.6) is 5.75 Å². The number of likely N-dealkylation sites (tertiary alicyclic amines) is 1. The minimum atomic E-state index is -0.266. The summed E-state index contributed by atoms with van der Waals surface area (Å²) in [5.74, 6) is -0.456. The average molecular weight is 430 g/mol. The maximum absolute atomic E-state index is 13.7. The fourth-order valence-electron chi connectivity index (χ4n) is 4.86. The van der Waals surface area contributed by atoms with Gasteiger partial charge in [0.2, 0.25) is 0 Å². The molecule has 6 nitrogen and oxygen atoms in total. The lowest BCUT2D eigenvalue weighted by atomic mass is 9.93. The summed E-state index contributed by atoms with van der Waals surface area (Å²) in [4.78, 5) is 34.4. The summed E-state index contributed by atoms with van der Waals surface area (Å²) >= 11 is 0. The number of hydrogen-bond acceptors (Lipinski definition) is 4. The van der Waals surface area contributed by atoms with Crippen LogP contribution in [0.2, 0.25) is 0 Å². The molecule has 6 heteroatoms. The first-order valence-electron chi connectivity index (χ1n) is 11.2. The van der Waals surface area contributed by atoms with Crippen molar-refractivity contribution in [2.75, 3.05) is 20.1 Å². The third-order valence-electron chi connectivity index (χ3n) is 6.62. The molecule has 1 aromatic heterocycles. The van der Waals surface area contributed by atoms with E-state index in [1.807, 2.05) is 11.0 Å². The van der Waals surface area contributed by atoms with Crippen LogP contribution in [0.15, 0.2) is 36.5 Å². The SMILES string of the molecule is Cc1ccc(Cc2cnc3c(O)c4c(c(C(=O)N5CCCCC5)c3c2)CN(C)C4=O)cc1. The van der Waals surface area contributed by atoms with E-state index in [4.69, 9.17) is 0 Å². The molecule has 1 saturated heterocycles. The maximum atomic E-state index is 13.7. The highest BCUT2D eigenvalue weighted by molar-refractivity contribution is 6.15. The summed E-state index contributed by atoms with van der Waals surface area (Å²) in [7, 11) is 1.69. The molecule has 0 spiro atoms. The van der Waals surface area contributed by atoms with E-state index in [0.29, 0.717) is 35.0 Å². The minimum Gasteiger partial charge on any atom is -0.505 e. The zero-order valence-electron chi connectivity index (χ0n) is 18.5. The number of pyridine rings is 1. The number of piperidine rings is 1. The van der Waals surface area contributed by atoms with E-state index in [-0.39, 0.29) is 23.1 Å². The number of amides is 2. The van der Waals surface area contributed by atoms with Crippen LogP contribution in [0.3, 0.4) is 0 Å². The first-order valence-corrected chi connectivity index (χ1v) is 11.2. The number of fused-ring (bicyclic) bond motifs is 2. The van der Waals surface area contributed by atoms with Crippen molar-refractivity contribution in [3.05, 3.63) is 69.9 Å². The Labute approximate surface area is 187 Å². The lowest BCUT2D eigenvalue weighted by Crippen LogP contribution is -2.36. The van der Waals surface area contributed by atoms with Gasteiger partial charge in [-0.2, -0.15) is 0 Å². The Bertz CT molecular complexity index is 1230. The third kappa shape index (κ3) is 3.40. The average Bonchev–Trinajstić information content (AvgIpc) is 3.10. The van der Waals surface area contributed by atoms with Crippen LogP contribution in [0.4, 0.5) is 0 Å². The second kappa shape index (κ2) is 7.93. The first-order chi connectivity index (χ1) is 15.4. The smallest absolute Gasteiger partial charge is 0.258 e. The second-order valence-corrected chi connectivity index (χ2v) is 8.99. The number of carbonyl (C=O) groups is 2. The van der Waals surface area contributed by atoms with Gasteiger partial charge in [0.15, 0.2) is 5.75 Å². The number of nitrogens with zero attached hydrogens (tertiary/aromatic N) is 3. The van der Waals surface area contributed by atoms with E-state index < -0.39 is 0 Å². The number of aromatic nitrogens is 1. The van der Waals surface area contributed by atoms with Crippen LogP contribution in [0.1, 0.15) is 62.2 Å². The molecule has 1 N–H and O–H groups in total. The van der Waals surface area contributed by atoms with Crippen molar-refractivity contribution in [2.24, 2.45) is 0 Å². The molecular weight excluding hydrogens is 402 g/mol. The van der Waals surface area contributed by atoms with Gasteiger partial charge in [-0.25, -0.2) is 0 Å². The highest BCUT2D eigenvalue weighted by atomic mass is 16.3. The van der Waals surface area contributed by atoms with E-state index >= 15 is 0 Å². The fourth-order valence-corrected chi connectivity index (χ4v) is 4.86. The summed E-state index contributed by atoms with van der Waals surface area (Å²) < 4.78 is 0. The molecule has 0 unspecified atom stereocenters. The molecule has 1 fully saturated rings. The van der Waals surface area contributed by atoms with Gasteiger partial charge in [-0.15, -0.1) is 0 Å². The zero-order chi connectivity index (χ0) is 22.4. The topological polar surface area (TPSA) is 73.7 Å². The van der Waals surface area contributed by atoms with Gasteiger partial charge >= 0.3 is 0 Å². The summed E-state index contributed by atoms with van der Waals surface area (Å²) in [5, 5.41) is 11.6. The molecule has 2 aromatic carbocycles. The van der Waals surface area contributed by atoms with E-state index in [1.165, 1.54) is 5.56 Å². The van der Waals surface area contributed by atoms with Crippen LogP contribution >= 0.6 is 0 Å². The molecule has 0 saturated carbocycles. The molecule has 0 atom stereocenters. The van der Waals surface area contributed by atoms with Crippen molar-refractivity contribution < 1.29 is 14.7 Å². The molecule has 0 aliphatic carbocycles. The number of rotatable bonds is 3. The largest absolute Gasteiger partial charge is 0.505 e. The molecule has 3 heterocycles. The van der Waals surface area contributed by atoms with E-state index in [2.05, 4.69) is 36.2 Å². The summed E-state index contributed by atoms with van der Waals surface area (Å²) in [6.07, 6.45) is 5.50. The van der Waals surface area contributed by atoms with Gasteiger partial charge < -0.3 is 14.9 Å². The predicted octanol–water partition coefficient (Wildman–Crippen LogP) is 4.05. The van der Waals surface area contributed by atoms with Crippen molar-refractivity contribution in [3.63, 3.8) is 0 Å². The fraction of sp³-hybridized carbons (Fsp3) is 0.346. The normalized spacial score (nSPS) is 16.0. The van der Waals surface area contributed by atoms with Gasteiger partial charge in [0.05, 0.1) is 11.1 Å². The Hall–Kier alpha value is -3.41. The molecule has 32 heavy (non-hydrogen) atoms. The summed E-state index contributed by atoms with van der Waals surface area (Å²) in [5.41, 5.74) is 5.00. The van der Waals surface area contributed by atoms with Crippen LogP contribution in [-0.4, -0.2) is 51.8 Å². The van der Waals surface area contributed by atoms with Crippen LogP contribution in [0, 0.1) is 6.92 Å². The molecule has 2 aliphatic rings. The monoisotopic (exact) mass is 429 g/mol. The standard InChI is InChI=1S/C26H27N3O3/c1-16-6-8-17(9-7-16)12-18-13-19-21(26(32)29-10-4-3-5-11-29)20-15-28(2)25(31)22(20)24(30)23(19)27-14-18/h6-9,13-14,30H,3-5,10-12,15H2,1-2H3. The lowest BCUT2D eigenvalue weighted by molar-refractivity contribution is 0.0723. The van der Waals surface area contributed by atoms with Crippen LogP contribution in [-0.2, 0) is 13.0 Å². The van der Waals surface area contributed by atoms with E-state index in [0.717, 1.165) is 43.5 Å². The van der Waals surface area contributed by atoms with Crippen molar-refractivity contribution in [1.82, 2.24) is 14.8 Å². The highest BCUT2D eigenvalue weighted by Gasteiger charge is 2.36. The maximum Gasteiger partial charge on any atom is 0.258 e. The van der Waals surface area contributed by atoms with Crippen molar-refractivity contribution >= 4 is 22.7 Å². The quantitative estimate of drug-likeness (QED) is 0.682. The number of phenols is 1. The highest BCUT2D eigenvalue weighted by Crippen LogP contribution is 2.40. The Kier molecular flexibility index (Phi) is 5.08. The van der Waals surface area contributed by atoms with Crippen molar-refractivity contribution in [2.45, 2.75) is 39.2 Å². The van der Waals surface area contributed by atoms with Gasteiger partial charge in [-0.05, 0) is 49.8 Å². The molecule has 2 aliphatic heterocycles. The van der Waals surface area contributed by atoms with Crippen molar-refractivity contribution in [1.29, 1.82) is 0 Å². The number of aromatic hydroxyl groups is 1. The summed E-state index contributed by atoms with van der Waals surface area (Å²) in [6, 6.07) is 10.3. The molecule has 3 aromatic rings. The van der Waals surface area contributed by atoms with Gasteiger partial charge in [0, 0.05) is 43.8 Å². The second-order valence-electron chi connectivity index (χ2n) is 8.99. The molecule has 0 bridgehead atoms. The Morgan fingerprint density at radius 1 is 1.09 bits per heavy atom. The van der Waals surface area contributed by atoms with Crippen molar-refractivity contribution in [3.8, 4) is 5.75 Å². The molecule has 0 radical (unpaired) electrons. The molecule has 2 amide bonds. The number of phenolic OH excluding ortho intramolecular Hbond substituents is 1.